The SMILES string of the molecule is Cc1ccc(F)cc1C1=CC(=O)CC(C)(C)C1. The summed E-state index contributed by atoms with van der Waals surface area (Å²) in [5.74, 6) is -0.109. The van der Waals surface area contributed by atoms with Crippen molar-refractivity contribution in [1.82, 2.24) is 0 Å². The summed E-state index contributed by atoms with van der Waals surface area (Å²) in [6.45, 7) is 6.10. The summed E-state index contributed by atoms with van der Waals surface area (Å²) in [4.78, 5) is 11.7. The summed E-state index contributed by atoms with van der Waals surface area (Å²) < 4.78 is 13.3. The van der Waals surface area contributed by atoms with Crippen LogP contribution < -0.4 is 0 Å². The molecule has 0 spiro atoms. The van der Waals surface area contributed by atoms with E-state index < -0.39 is 0 Å². The topological polar surface area (TPSA) is 17.1 Å². The number of carbonyl (C=O) groups excluding carboxylic acids is 1. The fourth-order valence-corrected chi connectivity index (χ4v) is 2.46. The van der Waals surface area contributed by atoms with Crippen LogP contribution in [0.25, 0.3) is 5.57 Å². The third-order valence-electron chi connectivity index (χ3n) is 3.20. The Labute approximate surface area is 101 Å². The Morgan fingerprint density at radius 2 is 1.94 bits per heavy atom. The molecule has 1 aromatic carbocycles. The van der Waals surface area contributed by atoms with Crippen LogP contribution in [0, 0.1) is 18.2 Å². The summed E-state index contributed by atoms with van der Waals surface area (Å²) in [6.07, 6.45) is 3.07. The zero-order valence-corrected chi connectivity index (χ0v) is 10.5. The number of carbonyl (C=O) groups is 1. The van der Waals surface area contributed by atoms with Crippen molar-refractivity contribution in [3.8, 4) is 0 Å². The molecule has 0 heterocycles. The van der Waals surface area contributed by atoms with E-state index in [4.69, 9.17) is 0 Å². The van der Waals surface area contributed by atoms with Crippen LogP contribution in [-0.4, -0.2) is 5.78 Å². The summed E-state index contributed by atoms with van der Waals surface area (Å²) in [7, 11) is 0. The summed E-state index contributed by atoms with van der Waals surface area (Å²) in [6, 6.07) is 4.74. The van der Waals surface area contributed by atoms with E-state index in [1.165, 1.54) is 12.1 Å². The standard InChI is InChI=1S/C15H17FO/c1-10-4-5-12(16)7-14(10)11-6-13(17)9-15(2,3)8-11/h4-7H,8-9H2,1-3H3. The predicted molar refractivity (Wildman–Crippen MR) is 67.1 cm³/mol. The smallest absolute Gasteiger partial charge is 0.156 e. The molecule has 2 heteroatoms. The molecule has 0 bridgehead atoms. The van der Waals surface area contributed by atoms with Crippen molar-refractivity contribution >= 4 is 11.4 Å². The number of rotatable bonds is 1. The first kappa shape index (κ1) is 12.0. The highest BCUT2D eigenvalue weighted by molar-refractivity contribution is 5.99. The monoisotopic (exact) mass is 232 g/mol. The van der Waals surface area contributed by atoms with Gasteiger partial charge in [0.05, 0.1) is 0 Å². The van der Waals surface area contributed by atoms with Crippen LogP contribution in [0.3, 0.4) is 0 Å². The summed E-state index contributed by atoms with van der Waals surface area (Å²) in [5.41, 5.74) is 2.82. The molecule has 90 valence electrons. The lowest BCUT2D eigenvalue weighted by atomic mass is 9.74. The number of hydrogen-bond acceptors (Lipinski definition) is 1. The van der Waals surface area contributed by atoms with Gasteiger partial charge in [-0.1, -0.05) is 19.9 Å². The van der Waals surface area contributed by atoms with Crippen LogP contribution in [0.15, 0.2) is 24.3 Å². The van der Waals surface area contributed by atoms with Gasteiger partial charge in [0, 0.05) is 6.42 Å². The molecule has 1 aliphatic rings. The lowest BCUT2D eigenvalue weighted by Gasteiger charge is -2.29. The van der Waals surface area contributed by atoms with Crippen LogP contribution in [0.2, 0.25) is 0 Å². The minimum absolute atomic E-state index is 0.0279. The van der Waals surface area contributed by atoms with E-state index >= 15 is 0 Å². The predicted octanol–water partition coefficient (Wildman–Crippen LogP) is 3.91. The molecule has 0 saturated carbocycles. The molecule has 0 aromatic heterocycles. The molecule has 1 aliphatic carbocycles. The molecule has 0 N–H and O–H groups in total. The van der Waals surface area contributed by atoms with Crippen LogP contribution in [0.1, 0.15) is 37.8 Å². The molecular weight excluding hydrogens is 215 g/mol. The number of ketones is 1. The van der Waals surface area contributed by atoms with Gasteiger partial charge >= 0.3 is 0 Å². The fourth-order valence-electron chi connectivity index (χ4n) is 2.46. The van der Waals surface area contributed by atoms with Crippen molar-refractivity contribution in [2.24, 2.45) is 5.41 Å². The Kier molecular flexibility index (Phi) is 2.90. The largest absolute Gasteiger partial charge is 0.295 e. The Bertz CT molecular complexity index is 498. The number of hydrogen-bond donors (Lipinski definition) is 0. The maximum absolute atomic E-state index is 13.3. The number of allylic oxidation sites excluding steroid dienone is 2. The first-order valence-corrected chi connectivity index (χ1v) is 5.87. The average molecular weight is 232 g/mol. The Morgan fingerprint density at radius 3 is 2.59 bits per heavy atom. The third-order valence-corrected chi connectivity index (χ3v) is 3.20. The molecule has 1 aromatic rings. The number of aryl methyl sites for hydroxylation is 1. The minimum Gasteiger partial charge on any atom is -0.295 e. The summed E-state index contributed by atoms with van der Waals surface area (Å²) >= 11 is 0. The highest BCUT2D eigenvalue weighted by atomic mass is 19.1. The molecule has 0 fully saturated rings. The van der Waals surface area contributed by atoms with Crippen LogP contribution in [0.4, 0.5) is 4.39 Å². The molecular formula is C15H17FO. The van der Waals surface area contributed by atoms with E-state index in [1.807, 2.05) is 6.92 Å². The second-order valence-corrected chi connectivity index (χ2v) is 5.61. The quantitative estimate of drug-likeness (QED) is 0.717. The zero-order valence-electron chi connectivity index (χ0n) is 10.5. The maximum Gasteiger partial charge on any atom is 0.156 e. The highest BCUT2D eigenvalue weighted by Gasteiger charge is 2.28. The Morgan fingerprint density at radius 1 is 1.24 bits per heavy atom. The highest BCUT2D eigenvalue weighted by Crippen LogP contribution is 2.38. The second-order valence-electron chi connectivity index (χ2n) is 5.61. The van der Waals surface area contributed by atoms with Gasteiger partial charge < -0.3 is 0 Å². The lowest BCUT2D eigenvalue weighted by molar-refractivity contribution is -0.116. The minimum atomic E-state index is -0.248. The van der Waals surface area contributed by atoms with Crippen molar-refractivity contribution < 1.29 is 9.18 Å². The average Bonchev–Trinajstić information content (AvgIpc) is 2.18. The van der Waals surface area contributed by atoms with Gasteiger partial charge in [0.2, 0.25) is 0 Å². The van der Waals surface area contributed by atoms with E-state index in [9.17, 15) is 9.18 Å². The van der Waals surface area contributed by atoms with Crippen molar-refractivity contribution in [3.63, 3.8) is 0 Å². The van der Waals surface area contributed by atoms with Crippen molar-refractivity contribution in [2.75, 3.05) is 0 Å². The fraction of sp³-hybridized carbons (Fsp3) is 0.400. The van der Waals surface area contributed by atoms with Crippen LogP contribution in [-0.2, 0) is 4.79 Å². The van der Waals surface area contributed by atoms with Gasteiger partial charge in [-0.05, 0) is 53.7 Å². The molecule has 17 heavy (non-hydrogen) atoms. The third kappa shape index (κ3) is 2.63. The number of benzene rings is 1. The molecule has 0 radical (unpaired) electrons. The van der Waals surface area contributed by atoms with Gasteiger partial charge in [-0.2, -0.15) is 0 Å². The van der Waals surface area contributed by atoms with E-state index in [2.05, 4.69) is 13.8 Å². The molecule has 0 unspecified atom stereocenters. The van der Waals surface area contributed by atoms with E-state index in [0.29, 0.717) is 6.42 Å². The zero-order chi connectivity index (χ0) is 12.6. The normalized spacial score (nSPS) is 19.1. The molecule has 0 saturated heterocycles. The van der Waals surface area contributed by atoms with E-state index in [0.717, 1.165) is 23.1 Å². The molecule has 0 amide bonds. The van der Waals surface area contributed by atoms with Crippen molar-refractivity contribution in [1.29, 1.82) is 0 Å². The molecule has 2 rings (SSSR count). The van der Waals surface area contributed by atoms with Gasteiger partial charge in [0.1, 0.15) is 5.82 Å². The Balaban J connectivity index is 2.46. The van der Waals surface area contributed by atoms with Gasteiger partial charge in [0.25, 0.3) is 0 Å². The molecule has 1 nitrogen and oxygen atoms in total. The number of halogens is 1. The molecule has 0 atom stereocenters. The van der Waals surface area contributed by atoms with E-state index in [1.54, 1.807) is 12.1 Å². The summed E-state index contributed by atoms with van der Waals surface area (Å²) in [5, 5.41) is 0. The van der Waals surface area contributed by atoms with E-state index in [-0.39, 0.29) is 17.0 Å². The first-order chi connectivity index (χ1) is 7.87. The maximum atomic E-state index is 13.3. The van der Waals surface area contributed by atoms with Gasteiger partial charge in [-0.3, -0.25) is 4.79 Å². The van der Waals surface area contributed by atoms with Crippen molar-refractivity contribution in [2.45, 2.75) is 33.6 Å². The molecule has 0 aliphatic heterocycles. The van der Waals surface area contributed by atoms with Crippen LogP contribution >= 0.6 is 0 Å². The Hall–Kier alpha value is -1.44. The lowest BCUT2D eigenvalue weighted by Crippen LogP contribution is -2.21. The van der Waals surface area contributed by atoms with Crippen molar-refractivity contribution in [3.05, 3.63) is 41.2 Å². The first-order valence-electron chi connectivity index (χ1n) is 5.87. The van der Waals surface area contributed by atoms with Gasteiger partial charge in [0.15, 0.2) is 5.78 Å². The van der Waals surface area contributed by atoms with Gasteiger partial charge in [-0.15, -0.1) is 0 Å². The second kappa shape index (κ2) is 4.10. The van der Waals surface area contributed by atoms with Crippen LogP contribution in [0.5, 0.6) is 0 Å². The van der Waals surface area contributed by atoms with Gasteiger partial charge in [-0.25, -0.2) is 4.39 Å².